The standard InChI is InChI=1S/C11H11NO2/c1-9(6-7-13)14-11-4-2-10(8-12)3-5-11/h2-5,7,9H,6H2,1H3. The molecule has 0 radical (unpaired) electrons. The molecule has 0 aromatic heterocycles. The molecule has 0 saturated carbocycles. The highest BCUT2D eigenvalue weighted by molar-refractivity contribution is 5.50. The zero-order valence-corrected chi connectivity index (χ0v) is 7.93. The highest BCUT2D eigenvalue weighted by Crippen LogP contribution is 2.13. The largest absolute Gasteiger partial charge is 0.490 e. The molecule has 0 spiro atoms. The molecule has 0 saturated heterocycles. The molecule has 3 nitrogen and oxygen atoms in total. The number of hydrogen-bond acceptors (Lipinski definition) is 3. The van der Waals surface area contributed by atoms with Crippen LogP contribution < -0.4 is 4.74 Å². The molecule has 0 aliphatic carbocycles. The fourth-order valence-electron chi connectivity index (χ4n) is 1.02. The average Bonchev–Trinajstić information content (AvgIpc) is 2.19. The Bertz CT molecular complexity index is 337. The first-order valence-electron chi connectivity index (χ1n) is 4.36. The molecule has 3 heteroatoms. The van der Waals surface area contributed by atoms with E-state index in [-0.39, 0.29) is 6.10 Å². The van der Waals surface area contributed by atoms with Gasteiger partial charge in [-0.05, 0) is 31.2 Å². The van der Waals surface area contributed by atoms with E-state index in [1.54, 1.807) is 24.3 Å². The van der Waals surface area contributed by atoms with Crippen molar-refractivity contribution in [3.8, 4) is 11.8 Å². The second-order valence-corrected chi connectivity index (χ2v) is 2.97. The quantitative estimate of drug-likeness (QED) is 0.680. The fraction of sp³-hybridized carbons (Fsp3) is 0.273. The Kier molecular flexibility index (Phi) is 3.69. The number of benzene rings is 1. The number of rotatable bonds is 4. The van der Waals surface area contributed by atoms with Gasteiger partial charge in [-0.25, -0.2) is 0 Å². The van der Waals surface area contributed by atoms with Crippen LogP contribution in [0.25, 0.3) is 0 Å². The monoisotopic (exact) mass is 189 g/mol. The van der Waals surface area contributed by atoms with Gasteiger partial charge in [0, 0.05) is 6.42 Å². The minimum absolute atomic E-state index is 0.125. The van der Waals surface area contributed by atoms with Gasteiger partial charge in [0.05, 0.1) is 11.6 Å². The predicted molar refractivity (Wildman–Crippen MR) is 51.9 cm³/mol. The molecule has 1 aromatic rings. The van der Waals surface area contributed by atoms with E-state index in [0.29, 0.717) is 17.7 Å². The molecule has 1 rings (SSSR count). The van der Waals surface area contributed by atoms with Crippen LogP contribution in [-0.4, -0.2) is 12.4 Å². The van der Waals surface area contributed by atoms with Crippen LogP contribution >= 0.6 is 0 Å². The summed E-state index contributed by atoms with van der Waals surface area (Å²) in [5.41, 5.74) is 0.598. The summed E-state index contributed by atoms with van der Waals surface area (Å²) in [5.74, 6) is 0.679. The summed E-state index contributed by atoms with van der Waals surface area (Å²) in [4.78, 5) is 10.2. The number of ether oxygens (including phenoxy) is 1. The third-order valence-electron chi connectivity index (χ3n) is 1.75. The smallest absolute Gasteiger partial charge is 0.123 e. The van der Waals surface area contributed by atoms with Crippen molar-refractivity contribution < 1.29 is 9.53 Å². The van der Waals surface area contributed by atoms with E-state index >= 15 is 0 Å². The van der Waals surface area contributed by atoms with Gasteiger partial charge in [-0.3, -0.25) is 0 Å². The van der Waals surface area contributed by atoms with E-state index < -0.39 is 0 Å². The maximum Gasteiger partial charge on any atom is 0.123 e. The van der Waals surface area contributed by atoms with Gasteiger partial charge in [0.2, 0.25) is 0 Å². The van der Waals surface area contributed by atoms with Crippen molar-refractivity contribution in [2.24, 2.45) is 0 Å². The summed E-state index contributed by atoms with van der Waals surface area (Å²) in [6, 6.07) is 8.83. The number of carbonyl (C=O) groups is 1. The van der Waals surface area contributed by atoms with Gasteiger partial charge in [-0.15, -0.1) is 0 Å². The molecular formula is C11H11NO2. The summed E-state index contributed by atoms with van der Waals surface area (Å²) >= 11 is 0. The lowest BCUT2D eigenvalue weighted by Crippen LogP contribution is -2.11. The highest BCUT2D eigenvalue weighted by Gasteiger charge is 2.02. The summed E-state index contributed by atoms with van der Waals surface area (Å²) in [6.45, 7) is 1.83. The lowest BCUT2D eigenvalue weighted by Gasteiger charge is -2.11. The first-order chi connectivity index (χ1) is 6.76. The van der Waals surface area contributed by atoms with Crippen molar-refractivity contribution in [2.45, 2.75) is 19.4 Å². The van der Waals surface area contributed by atoms with Crippen molar-refractivity contribution >= 4 is 6.29 Å². The van der Waals surface area contributed by atoms with E-state index in [1.807, 2.05) is 13.0 Å². The summed E-state index contributed by atoms with van der Waals surface area (Å²) < 4.78 is 5.41. The van der Waals surface area contributed by atoms with E-state index in [0.717, 1.165) is 6.29 Å². The Balaban J connectivity index is 2.60. The summed E-state index contributed by atoms with van der Waals surface area (Å²) in [5, 5.41) is 8.56. The molecule has 0 aliphatic rings. The summed E-state index contributed by atoms with van der Waals surface area (Å²) in [6.07, 6.45) is 1.08. The highest BCUT2D eigenvalue weighted by atomic mass is 16.5. The number of nitriles is 1. The van der Waals surface area contributed by atoms with Gasteiger partial charge in [0.25, 0.3) is 0 Å². The van der Waals surface area contributed by atoms with Crippen LogP contribution in [0.3, 0.4) is 0 Å². The molecule has 0 fully saturated rings. The van der Waals surface area contributed by atoms with Crippen LogP contribution in [0.1, 0.15) is 18.9 Å². The molecule has 1 unspecified atom stereocenters. The summed E-state index contributed by atoms with van der Waals surface area (Å²) in [7, 11) is 0. The second kappa shape index (κ2) is 5.03. The molecular weight excluding hydrogens is 178 g/mol. The van der Waals surface area contributed by atoms with Gasteiger partial charge in [-0.2, -0.15) is 5.26 Å². The van der Waals surface area contributed by atoms with Gasteiger partial charge < -0.3 is 9.53 Å². The van der Waals surface area contributed by atoms with Crippen molar-refractivity contribution in [3.63, 3.8) is 0 Å². The Morgan fingerprint density at radius 2 is 2.14 bits per heavy atom. The predicted octanol–water partition coefficient (Wildman–Crippen LogP) is 1.91. The molecule has 1 aromatic carbocycles. The maximum atomic E-state index is 10.2. The first kappa shape index (κ1) is 10.3. The molecule has 0 heterocycles. The van der Waals surface area contributed by atoms with Gasteiger partial charge in [-0.1, -0.05) is 0 Å². The lowest BCUT2D eigenvalue weighted by molar-refractivity contribution is -0.109. The minimum atomic E-state index is -0.125. The molecule has 14 heavy (non-hydrogen) atoms. The fourth-order valence-corrected chi connectivity index (χ4v) is 1.02. The maximum absolute atomic E-state index is 10.2. The van der Waals surface area contributed by atoms with Gasteiger partial charge in [0.15, 0.2) is 0 Å². The van der Waals surface area contributed by atoms with E-state index in [4.69, 9.17) is 10.00 Å². The first-order valence-corrected chi connectivity index (χ1v) is 4.36. The van der Waals surface area contributed by atoms with Crippen LogP contribution in [0.4, 0.5) is 0 Å². The Hall–Kier alpha value is -1.82. The lowest BCUT2D eigenvalue weighted by atomic mass is 10.2. The van der Waals surface area contributed by atoms with Crippen LogP contribution in [0, 0.1) is 11.3 Å². The molecule has 0 N–H and O–H groups in total. The van der Waals surface area contributed by atoms with E-state index in [2.05, 4.69) is 0 Å². The second-order valence-electron chi connectivity index (χ2n) is 2.97. The number of nitrogens with zero attached hydrogens (tertiary/aromatic N) is 1. The molecule has 0 aliphatic heterocycles. The zero-order chi connectivity index (χ0) is 10.4. The van der Waals surface area contributed by atoms with Crippen molar-refractivity contribution in [1.29, 1.82) is 5.26 Å². The van der Waals surface area contributed by atoms with Crippen LogP contribution in [0.5, 0.6) is 5.75 Å². The number of aldehydes is 1. The SMILES string of the molecule is CC(CC=O)Oc1ccc(C#N)cc1. The number of hydrogen-bond donors (Lipinski definition) is 0. The topological polar surface area (TPSA) is 50.1 Å². The zero-order valence-electron chi connectivity index (χ0n) is 7.93. The van der Waals surface area contributed by atoms with Gasteiger partial charge in [0.1, 0.15) is 18.1 Å². The van der Waals surface area contributed by atoms with Crippen molar-refractivity contribution in [1.82, 2.24) is 0 Å². The Morgan fingerprint density at radius 1 is 1.50 bits per heavy atom. The third kappa shape index (κ3) is 2.91. The Morgan fingerprint density at radius 3 is 2.64 bits per heavy atom. The van der Waals surface area contributed by atoms with Crippen LogP contribution in [0.2, 0.25) is 0 Å². The Labute approximate surface area is 82.9 Å². The normalized spacial score (nSPS) is 11.4. The van der Waals surface area contributed by atoms with Crippen molar-refractivity contribution in [2.75, 3.05) is 0 Å². The molecule has 0 amide bonds. The molecule has 0 bridgehead atoms. The number of carbonyl (C=O) groups excluding carboxylic acids is 1. The van der Waals surface area contributed by atoms with E-state index in [1.165, 1.54) is 0 Å². The van der Waals surface area contributed by atoms with Crippen molar-refractivity contribution in [3.05, 3.63) is 29.8 Å². The molecule has 1 atom stereocenters. The van der Waals surface area contributed by atoms with Crippen LogP contribution in [0.15, 0.2) is 24.3 Å². The van der Waals surface area contributed by atoms with Gasteiger partial charge >= 0.3 is 0 Å². The third-order valence-corrected chi connectivity index (χ3v) is 1.75. The van der Waals surface area contributed by atoms with E-state index in [9.17, 15) is 4.79 Å². The molecule has 72 valence electrons. The van der Waals surface area contributed by atoms with Crippen LogP contribution in [-0.2, 0) is 4.79 Å². The average molecular weight is 189 g/mol. The minimum Gasteiger partial charge on any atom is -0.490 e.